The molecule has 1 aromatic heterocycles. The Labute approximate surface area is 63.2 Å². The average molecular weight is 157 g/mol. The van der Waals surface area contributed by atoms with E-state index in [-0.39, 0.29) is 6.61 Å². The van der Waals surface area contributed by atoms with Gasteiger partial charge in [-0.05, 0) is 11.6 Å². The highest BCUT2D eigenvalue weighted by atomic mass is 32.1. The van der Waals surface area contributed by atoms with E-state index in [9.17, 15) is 0 Å². The number of pyridine rings is 1. The predicted molar refractivity (Wildman–Crippen MR) is 39.0 cm³/mol. The van der Waals surface area contributed by atoms with Crippen molar-refractivity contribution in [2.75, 3.05) is 0 Å². The third kappa shape index (κ3) is 1.91. The van der Waals surface area contributed by atoms with Crippen LogP contribution in [-0.2, 0) is 11.5 Å². The fraction of sp³-hybridized carbons (Fsp3) is 0.167. The van der Waals surface area contributed by atoms with Gasteiger partial charge in [0.1, 0.15) is 11.2 Å². The molecular weight excluding hydrogens is 150 g/mol. The minimum Gasteiger partial charge on any atom is -0.353 e. The smallest absolute Gasteiger partial charge is 0.108 e. The molecule has 54 valence electrons. The van der Waals surface area contributed by atoms with Gasteiger partial charge < -0.3 is 4.98 Å². The van der Waals surface area contributed by atoms with E-state index in [1.807, 2.05) is 0 Å². The molecule has 0 unspecified atom stereocenters. The summed E-state index contributed by atoms with van der Waals surface area (Å²) in [5.74, 6) is 0. The Morgan fingerprint density at radius 3 is 2.90 bits per heavy atom. The molecule has 1 aromatic rings. The Kier molecular flexibility index (Phi) is 2.56. The zero-order chi connectivity index (χ0) is 7.40. The summed E-state index contributed by atoms with van der Waals surface area (Å²) >= 11 is 4.80. The number of hydrogen-bond donors (Lipinski definition) is 2. The molecule has 0 atom stereocenters. The highest BCUT2D eigenvalue weighted by molar-refractivity contribution is 7.71. The van der Waals surface area contributed by atoms with E-state index in [1.165, 1.54) is 0 Å². The Bertz CT molecular complexity index is 238. The van der Waals surface area contributed by atoms with Crippen LogP contribution in [0.2, 0.25) is 0 Å². The molecule has 0 aromatic carbocycles. The zero-order valence-corrected chi connectivity index (χ0v) is 6.02. The molecule has 0 amide bonds. The lowest BCUT2D eigenvalue weighted by Gasteiger charge is -1.94. The van der Waals surface area contributed by atoms with Crippen molar-refractivity contribution in [2.24, 2.45) is 0 Å². The van der Waals surface area contributed by atoms with Crippen molar-refractivity contribution < 1.29 is 10.1 Å². The topological polar surface area (TPSA) is 45.2 Å². The lowest BCUT2D eigenvalue weighted by molar-refractivity contribution is -0.253. The van der Waals surface area contributed by atoms with Gasteiger partial charge >= 0.3 is 0 Å². The van der Waals surface area contributed by atoms with Crippen LogP contribution in [0.4, 0.5) is 0 Å². The SMILES string of the molecule is OOCc1ccc(=S)[nH]c1. The van der Waals surface area contributed by atoms with Crippen molar-refractivity contribution in [3.63, 3.8) is 0 Å². The van der Waals surface area contributed by atoms with Gasteiger partial charge in [0.2, 0.25) is 0 Å². The minimum atomic E-state index is 0.187. The monoisotopic (exact) mass is 157 g/mol. The molecule has 1 heterocycles. The standard InChI is InChI=1S/C6H7NO2S/c8-9-4-5-1-2-6(10)7-3-5/h1-3,8H,4H2,(H,7,10). The number of nitrogens with one attached hydrogen (secondary N) is 1. The Balaban J connectivity index is 2.79. The second-order valence-corrected chi connectivity index (χ2v) is 2.27. The molecule has 1 rings (SSSR count). The summed E-state index contributed by atoms with van der Waals surface area (Å²) in [6, 6.07) is 3.53. The van der Waals surface area contributed by atoms with Gasteiger partial charge in [-0.1, -0.05) is 18.3 Å². The number of hydrogen-bond acceptors (Lipinski definition) is 3. The van der Waals surface area contributed by atoms with E-state index >= 15 is 0 Å². The molecule has 0 bridgehead atoms. The molecule has 0 radical (unpaired) electrons. The molecule has 4 heteroatoms. The van der Waals surface area contributed by atoms with Crippen LogP contribution in [-0.4, -0.2) is 10.2 Å². The number of aromatic amines is 1. The fourth-order valence-corrected chi connectivity index (χ4v) is 0.734. The quantitative estimate of drug-likeness (QED) is 0.390. The van der Waals surface area contributed by atoms with Crippen LogP contribution in [0, 0.1) is 4.64 Å². The molecular formula is C6H7NO2S. The van der Waals surface area contributed by atoms with E-state index < -0.39 is 0 Å². The number of aromatic nitrogens is 1. The number of H-pyrrole nitrogens is 1. The fourth-order valence-electron chi connectivity index (χ4n) is 0.607. The molecule has 0 spiro atoms. The van der Waals surface area contributed by atoms with E-state index in [1.54, 1.807) is 18.3 Å². The summed E-state index contributed by atoms with van der Waals surface area (Å²) in [7, 11) is 0. The predicted octanol–water partition coefficient (Wildman–Crippen LogP) is 1.73. The molecule has 0 aliphatic heterocycles. The van der Waals surface area contributed by atoms with Gasteiger partial charge in [0.15, 0.2) is 0 Å². The van der Waals surface area contributed by atoms with E-state index in [0.29, 0.717) is 4.64 Å². The highest BCUT2D eigenvalue weighted by Crippen LogP contribution is 1.97. The van der Waals surface area contributed by atoms with Crippen molar-refractivity contribution in [3.8, 4) is 0 Å². The average Bonchev–Trinajstić information content (AvgIpc) is 1.95. The van der Waals surface area contributed by atoms with E-state index in [0.717, 1.165) is 5.56 Å². The number of rotatable bonds is 2. The maximum absolute atomic E-state index is 8.05. The maximum Gasteiger partial charge on any atom is 0.108 e. The van der Waals surface area contributed by atoms with Crippen molar-refractivity contribution in [2.45, 2.75) is 6.61 Å². The Morgan fingerprint density at radius 1 is 1.60 bits per heavy atom. The lowest BCUT2D eigenvalue weighted by atomic mass is 10.3. The third-order valence-corrected chi connectivity index (χ3v) is 1.33. The molecule has 0 saturated carbocycles. The first-order valence-corrected chi connectivity index (χ1v) is 3.18. The first kappa shape index (κ1) is 7.40. The summed E-state index contributed by atoms with van der Waals surface area (Å²) < 4.78 is 0.668. The van der Waals surface area contributed by atoms with Gasteiger partial charge in [0.25, 0.3) is 0 Å². The molecule has 2 N–H and O–H groups in total. The summed E-state index contributed by atoms with van der Waals surface area (Å²) in [6.45, 7) is 0.187. The van der Waals surface area contributed by atoms with E-state index in [4.69, 9.17) is 17.5 Å². The summed E-state index contributed by atoms with van der Waals surface area (Å²) in [5.41, 5.74) is 0.858. The Morgan fingerprint density at radius 2 is 2.40 bits per heavy atom. The highest BCUT2D eigenvalue weighted by Gasteiger charge is 1.88. The van der Waals surface area contributed by atoms with Crippen LogP contribution in [0.25, 0.3) is 0 Å². The van der Waals surface area contributed by atoms with Gasteiger partial charge in [-0.15, -0.1) is 0 Å². The lowest BCUT2D eigenvalue weighted by Crippen LogP contribution is -1.87. The molecule has 0 saturated heterocycles. The molecule has 0 fully saturated rings. The van der Waals surface area contributed by atoms with Crippen LogP contribution in [0.5, 0.6) is 0 Å². The van der Waals surface area contributed by atoms with Crippen molar-refractivity contribution >= 4 is 12.2 Å². The first-order valence-electron chi connectivity index (χ1n) is 2.77. The summed E-state index contributed by atoms with van der Waals surface area (Å²) in [4.78, 5) is 6.72. The van der Waals surface area contributed by atoms with Gasteiger partial charge in [0, 0.05) is 6.20 Å². The van der Waals surface area contributed by atoms with Gasteiger partial charge in [-0.25, -0.2) is 4.89 Å². The third-order valence-electron chi connectivity index (χ3n) is 1.08. The second kappa shape index (κ2) is 3.46. The van der Waals surface area contributed by atoms with Gasteiger partial charge in [0.05, 0.1) is 0 Å². The van der Waals surface area contributed by atoms with Crippen molar-refractivity contribution in [1.82, 2.24) is 4.98 Å². The molecule has 3 nitrogen and oxygen atoms in total. The van der Waals surface area contributed by atoms with Crippen LogP contribution in [0.3, 0.4) is 0 Å². The van der Waals surface area contributed by atoms with Crippen molar-refractivity contribution in [3.05, 3.63) is 28.5 Å². The van der Waals surface area contributed by atoms with Crippen molar-refractivity contribution in [1.29, 1.82) is 0 Å². The molecule has 0 aliphatic rings. The summed E-state index contributed by atoms with van der Waals surface area (Å²) in [5, 5.41) is 8.05. The Hall–Kier alpha value is -0.710. The normalized spacial score (nSPS) is 9.70. The summed E-state index contributed by atoms with van der Waals surface area (Å²) in [6.07, 6.45) is 1.69. The van der Waals surface area contributed by atoms with Crippen LogP contribution in [0.15, 0.2) is 18.3 Å². The van der Waals surface area contributed by atoms with E-state index in [2.05, 4.69) is 9.87 Å². The van der Waals surface area contributed by atoms with Crippen LogP contribution >= 0.6 is 12.2 Å². The van der Waals surface area contributed by atoms with Gasteiger partial charge in [-0.3, -0.25) is 5.26 Å². The largest absolute Gasteiger partial charge is 0.353 e. The molecule has 10 heavy (non-hydrogen) atoms. The maximum atomic E-state index is 8.05. The van der Waals surface area contributed by atoms with Gasteiger partial charge in [-0.2, -0.15) is 0 Å². The first-order chi connectivity index (χ1) is 4.83. The minimum absolute atomic E-state index is 0.187. The van der Waals surface area contributed by atoms with Crippen LogP contribution < -0.4 is 0 Å². The second-order valence-electron chi connectivity index (χ2n) is 1.83. The zero-order valence-electron chi connectivity index (χ0n) is 5.20. The van der Waals surface area contributed by atoms with Crippen LogP contribution in [0.1, 0.15) is 5.56 Å². The molecule has 0 aliphatic carbocycles.